The van der Waals surface area contributed by atoms with E-state index in [1.54, 1.807) is 11.3 Å². The molecule has 1 aromatic heterocycles. The van der Waals surface area contributed by atoms with Crippen LogP contribution < -0.4 is 0 Å². The number of nitrogens with zero attached hydrogens (tertiary/aromatic N) is 1. The van der Waals surface area contributed by atoms with Crippen molar-refractivity contribution in [2.45, 2.75) is 20.4 Å². The number of carbonyl (C=O) groups excluding carboxylic acids is 1. The first-order valence-corrected chi connectivity index (χ1v) is 8.68. The van der Waals surface area contributed by atoms with E-state index in [4.69, 9.17) is 0 Å². The molecule has 0 aliphatic carbocycles. The molecule has 0 spiro atoms. The summed E-state index contributed by atoms with van der Waals surface area (Å²) in [6, 6.07) is 14.2. The van der Waals surface area contributed by atoms with Gasteiger partial charge in [0.2, 0.25) is 0 Å². The van der Waals surface area contributed by atoms with Crippen molar-refractivity contribution < 1.29 is 4.79 Å². The van der Waals surface area contributed by atoms with Crippen molar-refractivity contribution in [1.82, 2.24) is 0 Å². The molecule has 0 aliphatic heterocycles. The first-order chi connectivity index (χ1) is 11.6. The lowest BCUT2D eigenvalue weighted by molar-refractivity contribution is 0.112. The molecule has 0 atom stereocenters. The van der Waals surface area contributed by atoms with Crippen LogP contribution in [0.4, 0.5) is 0 Å². The van der Waals surface area contributed by atoms with E-state index in [9.17, 15) is 4.79 Å². The molecule has 0 saturated carbocycles. The molecule has 24 heavy (non-hydrogen) atoms. The van der Waals surface area contributed by atoms with Gasteiger partial charge < -0.3 is 0 Å². The molecule has 0 amide bonds. The van der Waals surface area contributed by atoms with Crippen LogP contribution >= 0.6 is 11.3 Å². The highest BCUT2D eigenvalue weighted by Crippen LogP contribution is 2.35. The van der Waals surface area contributed by atoms with Crippen LogP contribution in [0.2, 0.25) is 0 Å². The summed E-state index contributed by atoms with van der Waals surface area (Å²) < 4.78 is 0. The number of thiophene rings is 1. The zero-order chi connectivity index (χ0) is 17.1. The lowest BCUT2D eigenvalue weighted by atomic mass is 9.95. The summed E-state index contributed by atoms with van der Waals surface area (Å²) in [5, 5.41) is 2.21. The SMILES string of the molecule is C=NCc1scc(-c2ccc(-c3ccc(C=O)cc3)cc2C)c1C. The van der Waals surface area contributed by atoms with Crippen molar-refractivity contribution in [1.29, 1.82) is 0 Å². The van der Waals surface area contributed by atoms with Crippen LogP contribution in [0.3, 0.4) is 0 Å². The van der Waals surface area contributed by atoms with Gasteiger partial charge in [-0.1, -0.05) is 42.5 Å². The van der Waals surface area contributed by atoms with Crippen LogP contribution in [0, 0.1) is 13.8 Å². The average Bonchev–Trinajstić information content (AvgIpc) is 2.96. The normalized spacial score (nSPS) is 10.6. The zero-order valence-electron chi connectivity index (χ0n) is 13.9. The lowest BCUT2D eigenvalue weighted by Crippen LogP contribution is -1.88. The van der Waals surface area contributed by atoms with Crippen molar-refractivity contribution in [3.8, 4) is 22.3 Å². The maximum absolute atomic E-state index is 10.8. The van der Waals surface area contributed by atoms with Gasteiger partial charge in [-0.3, -0.25) is 9.79 Å². The smallest absolute Gasteiger partial charge is 0.150 e. The fraction of sp³-hybridized carbons (Fsp3) is 0.143. The van der Waals surface area contributed by atoms with Crippen molar-refractivity contribution >= 4 is 24.3 Å². The quantitative estimate of drug-likeness (QED) is 0.434. The third-order valence-corrected chi connectivity index (χ3v) is 5.37. The number of aldehydes is 1. The highest BCUT2D eigenvalue weighted by molar-refractivity contribution is 7.10. The first kappa shape index (κ1) is 16.3. The molecule has 0 radical (unpaired) electrons. The second-order valence-corrected chi connectivity index (χ2v) is 6.81. The molecule has 0 aliphatic rings. The minimum absolute atomic E-state index is 0.677. The highest BCUT2D eigenvalue weighted by Gasteiger charge is 2.11. The molecular formula is C21H19NOS. The number of hydrogen-bond acceptors (Lipinski definition) is 3. The second-order valence-electron chi connectivity index (χ2n) is 5.85. The number of aryl methyl sites for hydroxylation is 1. The van der Waals surface area contributed by atoms with Gasteiger partial charge in [0.25, 0.3) is 0 Å². The Kier molecular flexibility index (Phi) is 4.72. The molecule has 0 fully saturated rings. The van der Waals surface area contributed by atoms with E-state index in [-0.39, 0.29) is 0 Å². The third-order valence-electron chi connectivity index (χ3n) is 4.29. The molecule has 0 unspecified atom stereocenters. The van der Waals surface area contributed by atoms with Crippen LogP contribution in [0.25, 0.3) is 22.3 Å². The molecule has 2 aromatic carbocycles. The van der Waals surface area contributed by atoms with E-state index in [2.05, 4.69) is 49.1 Å². The number of hydrogen-bond donors (Lipinski definition) is 0. The van der Waals surface area contributed by atoms with E-state index >= 15 is 0 Å². The van der Waals surface area contributed by atoms with E-state index in [0.717, 1.165) is 17.4 Å². The van der Waals surface area contributed by atoms with Crippen LogP contribution in [-0.2, 0) is 6.54 Å². The molecule has 0 bridgehead atoms. The Labute approximate surface area is 146 Å². The largest absolute Gasteiger partial charge is 0.298 e. The summed E-state index contributed by atoms with van der Waals surface area (Å²) in [6.07, 6.45) is 0.868. The summed E-state index contributed by atoms with van der Waals surface area (Å²) in [5.41, 5.74) is 8.05. The molecule has 0 N–H and O–H groups in total. The summed E-state index contributed by atoms with van der Waals surface area (Å²) >= 11 is 1.74. The molecule has 1 heterocycles. The fourth-order valence-corrected chi connectivity index (χ4v) is 3.90. The Balaban J connectivity index is 1.97. The maximum atomic E-state index is 10.8. The molecule has 3 aromatic rings. The lowest BCUT2D eigenvalue weighted by Gasteiger charge is -2.10. The van der Waals surface area contributed by atoms with Crippen LogP contribution in [0.5, 0.6) is 0 Å². The number of aliphatic imine (C=N–C) groups is 1. The van der Waals surface area contributed by atoms with Crippen LogP contribution in [-0.4, -0.2) is 13.0 Å². The van der Waals surface area contributed by atoms with Crippen molar-refractivity contribution in [3.05, 3.63) is 69.4 Å². The van der Waals surface area contributed by atoms with Crippen molar-refractivity contribution in [2.75, 3.05) is 0 Å². The van der Waals surface area contributed by atoms with E-state index in [1.165, 1.54) is 27.1 Å². The van der Waals surface area contributed by atoms with Crippen molar-refractivity contribution in [2.24, 2.45) is 4.99 Å². The van der Waals surface area contributed by atoms with Gasteiger partial charge in [-0.25, -0.2) is 0 Å². The van der Waals surface area contributed by atoms with Crippen molar-refractivity contribution in [3.63, 3.8) is 0 Å². The van der Waals surface area contributed by atoms with Gasteiger partial charge >= 0.3 is 0 Å². The molecule has 3 heteroatoms. The second kappa shape index (κ2) is 6.93. The van der Waals surface area contributed by atoms with Gasteiger partial charge in [-0.2, -0.15) is 0 Å². The minimum atomic E-state index is 0.677. The minimum Gasteiger partial charge on any atom is -0.298 e. The van der Waals surface area contributed by atoms with Gasteiger partial charge in [0.05, 0.1) is 6.54 Å². The highest BCUT2D eigenvalue weighted by atomic mass is 32.1. The molecule has 120 valence electrons. The van der Waals surface area contributed by atoms with Gasteiger partial charge in [-0.15, -0.1) is 11.3 Å². The maximum Gasteiger partial charge on any atom is 0.150 e. The Hall–Kier alpha value is -2.52. The van der Waals surface area contributed by atoms with E-state index < -0.39 is 0 Å². The van der Waals surface area contributed by atoms with Gasteiger partial charge in [-0.05, 0) is 59.3 Å². The van der Waals surface area contributed by atoms with E-state index in [1.807, 2.05) is 24.3 Å². The zero-order valence-corrected chi connectivity index (χ0v) is 14.7. The monoisotopic (exact) mass is 333 g/mol. The fourth-order valence-electron chi connectivity index (χ4n) is 2.88. The molecule has 3 rings (SSSR count). The summed E-state index contributed by atoms with van der Waals surface area (Å²) in [5.74, 6) is 0. The molecule has 2 nitrogen and oxygen atoms in total. The average molecular weight is 333 g/mol. The molecule has 0 saturated heterocycles. The van der Waals surface area contributed by atoms with Crippen LogP contribution in [0.15, 0.2) is 52.8 Å². The number of benzene rings is 2. The van der Waals surface area contributed by atoms with E-state index in [0.29, 0.717) is 12.1 Å². The summed E-state index contributed by atoms with van der Waals surface area (Å²) in [6.45, 7) is 8.56. The predicted molar refractivity (Wildman–Crippen MR) is 103 cm³/mol. The van der Waals surface area contributed by atoms with Gasteiger partial charge in [0.15, 0.2) is 0 Å². The number of rotatable bonds is 5. The predicted octanol–water partition coefficient (Wildman–Crippen LogP) is 5.71. The molecular weight excluding hydrogens is 314 g/mol. The topological polar surface area (TPSA) is 29.4 Å². The third kappa shape index (κ3) is 3.08. The Morgan fingerprint density at radius 1 is 1.04 bits per heavy atom. The Bertz CT molecular complexity index is 891. The first-order valence-electron chi connectivity index (χ1n) is 7.80. The van der Waals surface area contributed by atoms with Gasteiger partial charge in [0.1, 0.15) is 6.29 Å². The Morgan fingerprint density at radius 3 is 2.38 bits per heavy atom. The summed E-state index contributed by atoms with van der Waals surface area (Å²) in [7, 11) is 0. The Morgan fingerprint density at radius 2 is 1.75 bits per heavy atom. The standard InChI is InChI=1S/C21H19NOS/c1-14-10-18(17-6-4-16(12-23)5-7-17)8-9-19(14)20-13-24-21(11-22-3)15(20)2/h4-10,12-13H,3,11H2,1-2H3. The van der Waals surface area contributed by atoms with Crippen LogP contribution in [0.1, 0.15) is 26.4 Å². The number of carbonyl (C=O) groups is 1. The van der Waals surface area contributed by atoms with Gasteiger partial charge in [0, 0.05) is 10.4 Å². The summed E-state index contributed by atoms with van der Waals surface area (Å²) in [4.78, 5) is 16.1.